The molecule has 1 heterocycles. The highest BCUT2D eigenvalue weighted by molar-refractivity contribution is 8.01. The lowest BCUT2D eigenvalue weighted by atomic mass is 10.2. The highest BCUT2D eigenvalue weighted by atomic mass is 32.2. The summed E-state index contributed by atoms with van der Waals surface area (Å²) in [5.74, 6) is 1.14. The van der Waals surface area contributed by atoms with Crippen LogP contribution in [0.2, 0.25) is 0 Å². The van der Waals surface area contributed by atoms with E-state index in [2.05, 4.69) is 17.2 Å². The van der Waals surface area contributed by atoms with E-state index in [1.807, 2.05) is 49.4 Å². The predicted molar refractivity (Wildman–Crippen MR) is 106 cm³/mol. The number of benzene rings is 2. The molecular formula is C19H20N2O2S2. The van der Waals surface area contributed by atoms with Crippen LogP contribution in [0.3, 0.4) is 0 Å². The van der Waals surface area contributed by atoms with E-state index in [4.69, 9.17) is 4.74 Å². The topological polar surface area (TPSA) is 51.2 Å². The number of carbonyl (C=O) groups excluding carboxylic acids is 1. The fourth-order valence-electron chi connectivity index (χ4n) is 2.31. The number of nitrogens with zero attached hydrogens (tertiary/aromatic N) is 1. The molecule has 0 spiro atoms. The molecule has 0 unspecified atom stereocenters. The van der Waals surface area contributed by atoms with Crippen molar-refractivity contribution in [1.29, 1.82) is 0 Å². The number of fused-ring (bicyclic) bond motifs is 1. The van der Waals surface area contributed by atoms with E-state index in [0.29, 0.717) is 12.4 Å². The standard InChI is InChI=1S/C19H20N2O2S2/c1-3-10-23-14-8-9-15(13(2)11-14)20-18(22)12-24-19-21-16-6-4-5-7-17(16)25-19/h4-9,11H,3,10,12H2,1-2H3,(H,20,22). The summed E-state index contributed by atoms with van der Waals surface area (Å²) in [6.07, 6.45) is 0.973. The van der Waals surface area contributed by atoms with Crippen molar-refractivity contribution >= 4 is 44.9 Å². The van der Waals surface area contributed by atoms with Crippen LogP contribution in [0.25, 0.3) is 10.2 Å². The highest BCUT2D eigenvalue weighted by Crippen LogP contribution is 2.29. The van der Waals surface area contributed by atoms with Crippen molar-refractivity contribution in [1.82, 2.24) is 4.98 Å². The van der Waals surface area contributed by atoms with Gasteiger partial charge in [0.15, 0.2) is 4.34 Å². The normalized spacial score (nSPS) is 10.8. The van der Waals surface area contributed by atoms with Gasteiger partial charge in [0.1, 0.15) is 5.75 Å². The van der Waals surface area contributed by atoms with Gasteiger partial charge >= 0.3 is 0 Å². The molecule has 0 saturated heterocycles. The fraction of sp³-hybridized carbons (Fsp3) is 0.263. The zero-order valence-electron chi connectivity index (χ0n) is 14.2. The van der Waals surface area contributed by atoms with Crippen molar-refractivity contribution < 1.29 is 9.53 Å². The van der Waals surface area contributed by atoms with Crippen molar-refractivity contribution in [2.45, 2.75) is 24.6 Å². The van der Waals surface area contributed by atoms with Crippen LogP contribution in [0.15, 0.2) is 46.8 Å². The van der Waals surface area contributed by atoms with Crippen LogP contribution in [-0.2, 0) is 4.79 Å². The maximum Gasteiger partial charge on any atom is 0.234 e. The highest BCUT2D eigenvalue weighted by Gasteiger charge is 2.09. The van der Waals surface area contributed by atoms with Crippen molar-refractivity contribution in [3.63, 3.8) is 0 Å². The first-order chi connectivity index (χ1) is 12.2. The third kappa shape index (κ3) is 4.74. The Balaban J connectivity index is 1.56. The van der Waals surface area contributed by atoms with Crippen LogP contribution >= 0.6 is 23.1 Å². The zero-order chi connectivity index (χ0) is 17.6. The molecule has 0 radical (unpaired) electrons. The molecule has 0 atom stereocenters. The Morgan fingerprint density at radius 2 is 2.12 bits per heavy atom. The number of para-hydroxylation sites is 1. The lowest BCUT2D eigenvalue weighted by Crippen LogP contribution is -2.14. The minimum absolute atomic E-state index is 0.0328. The van der Waals surface area contributed by atoms with Gasteiger partial charge in [0.25, 0.3) is 0 Å². The first kappa shape index (κ1) is 17.8. The second-order valence-electron chi connectivity index (χ2n) is 5.61. The molecular weight excluding hydrogens is 352 g/mol. The molecule has 1 amide bonds. The monoisotopic (exact) mass is 372 g/mol. The van der Waals surface area contributed by atoms with E-state index in [1.54, 1.807) is 11.3 Å². The number of anilines is 1. The Kier molecular flexibility index (Phi) is 5.94. The first-order valence-corrected chi connectivity index (χ1v) is 9.97. The van der Waals surface area contributed by atoms with Crippen LogP contribution in [0, 0.1) is 6.92 Å². The van der Waals surface area contributed by atoms with Crippen molar-refractivity contribution in [3.8, 4) is 5.75 Å². The van der Waals surface area contributed by atoms with Crippen LogP contribution in [0.4, 0.5) is 5.69 Å². The summed E-state index contributed by atoms with van der Waals surface area (Å²) in [7, 11) is 0. The molecule has 1 aromatic heterocycles. The average Bonchev–Trinajstić information content (AvgIpc) is 3.03. The predicted octanol–water partition coefficient (Wildman–Crippen LogP) is 5.12. The molecule has 0 fully saturated rings. The summed E-state index contributed by atoms with van der Waals surface area (Å²) in [4.78, 5) is 16.8. The van der Waals surface area contributed by atoms with Gasteiger partial charge in [-0.15, -0.1) is 11.3 Å². The quantitative estimate of drug-likeness (QED) is 0.585. The van der Waals surface area contributed by atoms with E-state index >= 15 is 0 Å². The number of hydrogen-bond acceptors (Lipinski definition) is 5. The number of aromatic nitrogens is 1. The lowest BCUT2D eigenvalue weighted by molar-refractivity contribution is -0.113. The zero-order valence-corrected chi connectivity index (χ0v) is 15.9. The van der Waals surface area contributed by atoms with Gasteiger partial charge in [-0.05, 0) is 49.2 Å². The smallest absolute Gasteiger partial charge is 0.234 e. The summed E-state index contributed by atoms with van der Waals surface area (Å²) in [5.41, 5.74) is 2.79. The first-order valence-electron chi connectivity index (χ1n) is 8.17. The van der Waals surface area contributed by atoms with Gasteiger partial charge in [0.05, 0.1) is 22.6 Å². The summed E-state index contributed by atoms with van der Waals surface area (Å²) in [6, 6.07) is 13.7. The second kappa shape index (κ2) is 8.36. The van der Waals surface area contributed by atoms with Gasteiger partial charge in [-0.1, -0.05) is 30.8 Å². The number of thiazole rings is 1. The Hall–Kier alpha value is -2.05. The van der Waals surface area contributed by atoms with Gasteiger partial charge in [0, 0.05) is 5.69 Å². The SMILES string of the molecule is CCCOc1ccc(NC(=O)CSc2nc3ccccc3s2)c(C)c1. The molecule has 0 aliphatic heterocycles. The molecule has 4 nitrogen and oxygen atoms in total. The van der Waals surface area contributed by atoms with Gasteiger partial charge < -0.3 is 10.1 Å². The number of carbonyl (C=O) groups is 1. The molecule has 2 aromatic carbocycles. The summed E-state index contributed by atoms with van der Waals surface area (Å²) in [5, 5.41) is 2.96. The molecule has 1 N–H and O–H groups in total. The molecule has 25 heavy (non-hydrogen) atoms. The number of ether oxygens (including phenoxy) is 1. The van der Waals surface area contributed by atoms with Gasteiger partial charge in [-0.2, -0.15) is 0 Å². The maximum atomic E-state index is 12.2. The van der Waals surface area contributed by atoms with E-state index in [-0.39, 0.29) is 5.91 Å². The van der Waals surface area contributed by atoms with Gasteiger partial charge in [-0.3, -0.25) is 4.79 Å². The number of amides is 1. The van der Waals surface area contributed by atoms with E-state index in [9.17, 15) is 4.79 Å². The molecule has 6 heteroatoms. The van der Waals surface area contributed by atoms with Crippen LogP contribution in [-0.4, -0.2) is 23.3 Å². The number of nitrogens with one attached hydrogen (secondary N) is 1. The molecule has 3 aromatic rings. The molecule has 0 bridgehead atoms. The molecule has 3 rings (SSSR count). The Bertz CT molecular complexity index is 844. The third-order valence-corrected chi connectivity index (χ3v) is 5.73. The third-order valence-electron chi connectivity index (χ3n) is 3.55. The Labute approximate surface area is 155 Å². The average molecular weight is 373 g/mol. The number of thioether (sulfide) groups is 1. The van der Waals surface area contributed by atoms with Crippen molar-refractivity contribution in [2.75, 3.05) is 17.7 Å². The minimum atomic E-state index is -0.0328. The number of hydrogen-bond donors (Lipinski definition) is 1. The van der Waals surface area contributed by atoms with Gasteiger partial charge in [-0.25, -0.2) is 4.98 Å². The van der Waals surface area contributed by atoms with Gasteiger partial charge in [0.2, 0.25) is 5.91 Å². The van der Waals surface area contributed by atoms with Crippen molar-refractivity contribution in [3.05, 3.63) is 48.0 Å². The van der Waals surface area contributed by atoms with Crippen molar-refractivity contribution in [2.24, 2.45) is 0 Å². The largest absolute Gasteiger partial charge is 0.494 e. The number of aryl methyl sites for hydroxylation is 1. The molecule has 0 saturated carbocycles. The van der Waals surface area contributed by atoms with E-state index in [0.717, 1.165) is 38.0 Å². The Morgan fingerprint density at radius 1 is 1.28 bits per heavy atom. The number of rotatable bonds is 7. The lowest BCUT2D eigenvalue weighted by Gasteiger charge is -2.10. The Morgan fingerprint density at radius 3 is 2.88 bits per heavy atom. The fourth-order valence-corrected chi connectivity index (χ4v) is 4.18. The van der Waals surface area contributed by atoms with E-state index < -0.39 is 0 Å². The molecule has 0 aliphatic rings. The molecule has 0 aliphatic carbocycles. The summed E-state index contributed by atoms with van der Waals surface area (Å²) < 4.78 is 7.66. The summed E-state index contributed by atoms with van der Waals surface area (Å²) >= 11 is 3.08. The summed E-state index contributed by atoms with van der Waals surface area (Å²) in [6.45, 7) is 4.74. The minimum Gasteiger partial charge on any atom is -0.494 e. The van der Waals surface area contributed by atoms with E-state index in [1.165, 1.54) is 11.8 Å². The molecule has 130 valence electrons. The van der Waals surface area contributed by atoms with Crippen LogP contribution < -0.4 is 10.1 Å². The van der Waals surface area contributed by atoms with Crippen LogP contribution in [0.1, 0.15) is 18.9 Å². The van der Waals surface area contributed by atoms with Crippen LogP contribution in [0.5, 0.6) is 5.75 Å². The maximum absolute atomic E-state index is 12.2. The second-order valence-corrected chi connectivity index (χ2v) is 7.86.